The molecular weight excluding hydrogens is 284 g/mol. The van der Waals surface area contributed by atoms with Crippen LogP contribution < -0.4 is 15.4 Å². The van der Waals surface area contributed by atoms with E-state index in [1.807, 2.05) is 24.3 Å². The molecule has 1 aromatic carbocycles. The Balaban J connectivity index is 0.00000180. The smallest absolute Gasteiger partial charge is 0.230 e. The van der Waals surface area contributed by atoms with Crippen LogP contribution in [0.1, 0.15) is 6.42 Å². The first-order valence-corrected chi connectivity index (χ1v) is 7.03. The Bertz CT molecular complexity index is 411. The minimum absolute atomic E-state index is 0. The third-order valence-electron chi connectivity index (χ3n) is 2.84. The average molecular weight is 303 g/mol. The Kier molecular flexibility index (Phi) is 7.05. The lowest BCUT2D eigenvalue weighted by atomic mass is 10.3. The molecular formula is C13H19ClN2O2S. The second-order valence-electron chi connectivity index (χ2n) is 4.22. The summed E-state index contributed by atoms with van der Waals surface area (Å²) in [5.41, 5.74) is 0. The van der Waals surface area contributed by atoms with E-state index in [9.17, 15) is 4.79 Å². The molecule has 1 fully saturated rings. The Hall–Kier alpha value is -0.910. The molecule has 1 aromatic rings. The highest BCUT2D eigenvalue weighted by atomic mass is 35.5. The van der Waals surface area contributed by atoms with Gasteiger partial charge >= 0.3 is 0 Å². The molecule has 1 saturated heterocycles. The van der Waals surface area contributed by atoms with Gasteiger partial charge in [0.15, 0.2) is 0 Å². The van der Waals surface area contributed by atoms with Gasteiger partial charge in [0, 0.05) is 17.5 Å². The Labute approximate surface area is 124 Å². The van der Waals surface area contributed by atoms with Gasteiger partial charge in [-0.2, -0.15) is 0 Å². The van der Waals surface area contributed by atoms with Crippen molar-refractivity contribution in [1.82, 2.24) is 10.6 Å². The van der Waals surface area contributed by atoms with Gasteiger partial charge in [0.25, 0.3) is 0 Å². The quantitative estimate of drug-likeness (QED) is 0.813. The molecule has 0 spiro atoms. The Morgan fingerprint density at radius 2 is 2.42 bits per heavy atom. The molecule has 1 aliphatic rings. The van der Waals surface area contributed by atoms with Crippen molar-refractivity contribution in [3.05, 3.63) is 24.3 Å². The molecule has 0 aromatic heterocycles. The summed E-state index contributed by atoms with van der Waals surface area (Å²) in [5.74, 6) is 1.36. The molecule has 1 unspecified atom stereocenters. The number of hydrogen-bond donors (Lipinski definition) is 2. The molecule has 0 saturated carbocycles. The molecule has 4 nitrogen and oxygen atoms in total. The predicted molar refractivity (Wildman–Crippen MR) is 80.4 cm³/mol. The lowest BCUT2D eigenvalue weighted by Gasteiger charge is -2.11. The number of ether oxygens (including phenoxy) is 1. The van der Waals surface area contributed by atoms with Crippen LogP contribution in [0.2, 0.25) is 0 Å². The van der Waals surface area contributed by atoms with Crippen LogP contribution in [0.4, 0.5) is 0 Å². The summed E-state index contributed by atoms with van der Waals surface area (Å²) >= 11 is 1.53. The van der Waals surface area contributed by atoms with Crippen molar-refractivity contribution < 1.29 is 9.53 Å². The van der Waals surface area contributed by atoms with E-state index in [1.54, 1.807) is 7.11 Å². The van der Waals surface area contributed by atoms with E-state index in [0.29, 0.717) is 11.8 Å². The van der Waals surface area contributed by atoms with E-state index in [0.717, 1.165) is 30.2 Å². The molecule has 2 rings (SSSR count). The summed E-state index contributed by atoms with van der Waals surface area (Å²) in [4.78, 5) is 12.8. The molecule has 0 bridgehead atoms. The number of rotatable bonds is 5. The largest absolute Gasteiger partial charge is 0.497 e. The van der Waals surface area contributed by atoms with Gasteiger partial charge in [-0.25, -0.2) is 0 Å². The summed E-state index contributed by atoms with van der Waals surface area (Å²) < 4.78 is 5.15. The van der Waals surface area contributed by atoms with Gasteiger partial charge in [0.1, 0.15) is 5.75 Å². The summed E-state index contributed by atoms with van der Waals surface area (Å²) in [7, 11) is 1.64. The summed E-state index contributed by atoms with van der Waals surface area (Å²) in [5, 5.41) is 6.25. The molecule has 1 heterocycles. The number of benzene rings is 1. The van der Waals surface area contributed by atoms with Crippen LogP contribution in [0.5, 0.6) is 5.75 Å². The zero-order valence-corrected chi connectivity index (χ0v) is 12.5. The van der Waals surface area contributed by atoms with Crippen molar-refractivity contribution in [2.75, 3.05) is 26.0 Å². The molecule has 1 atom stereocenters. The maximum Gasteiger partial charge on any atom is 0.230 e. The lowest BCUT2D eigenvalue weighted by Crippen LogP contribution is -2.37. The zero-order chi connectivity index (χ0) is 12.8. The van der Waals surface area contributed by atoms with Crippen LogP contribution in [0.3, 0.4) is 0 Å². The highest BCUT2D eigenvalue weighted by Gasteiger charge is 2.16. The molecule has 1 amide bonds. The second-order valence-corrected chi connectivity index (χ2v) is 5.27. The SMILES string of the molecule is COc1cccc(SCC(=O)NC2CCNC2)c1.Cl. The van der Waals surface area contributed by atoms with Gasteiger partial charge in [-0.1, -0.05) is 6.07 Å². The van der Waals surface area contributed by atoms with E-state index in [4.69, 9.17) is 4.74 Å². The van der Waals surface area contributed by atoms with Crippen molar-refractivity contribution in [2.24, 2.45) is 0 Å². The number of carbonyl (C=O) groups excluding carboxylic acids is 1. The van der Waals surface area contributed by atoms with Crippen LogP contribution in [0.25, 0.3) is 0 Å². The molecule has 6 heteroatoms. The van der Waals surface area contributed by atoms with E-state index >= 15 is 0 Å². The van der Waals surface area contributed by atoms with Gasteiger partial charge in [0.2, 0.25) is 5.91 Å². The molecule has 2 N–H and O–H groups in total. The first-order chi connectivity index (χ1) is 8.78. The van der Waals surface area contributed by atoms with Gasteiger partial charge in [-0.05, 0) is 31.2 Å². The normalized spacial score (nSPS) is 17.6. The number of halogens is 1. The molecule has 0 aliphatic carbocycles. The first kappa shape index (κ1) is 16.1. The number of nitrogens with one attached hydrogen (secondary N) is 2. The molecule has 0 radical (unpaired) electrons. The van der Waals surface area contributed by atoms with Gasteiger partial charge in [0.05, 0.1) is 12.9 Å². The standard InChI is InChI=1S/C13H18N2O2S.ClH/c1-17-11-3-2-4-12(7-11)18-9-13(16)15-10-5-6-14-8-10;/h2-4,7,10,14H,5-6,8-9H2,1H3,(H,15,16);1H. The zero-order valence-electron chi connectivity index (χ0n) is 10.8. The number of hydrogen-bond acceptors (Lipinski definition) is 4. The van der Waals surface area contributed by atoms with E-state index in [2.05, 4.69) is 10.6 Å². The van der Waals surface area contributed by atoms with Crippen molar-refractivity contribution in [3.8, 4) is 5.75 Å². The summed E-state index contributed by atoms with van der Waals surface area (Å²) in [6.45, 7) is 1.88. The number of thioether (sulfide) groups is 1. The minimum Gasteiger partial charge on any atom is -0.497 e. The highest BCUT2D eigenvalue weighted by molar-refractivity contribution is 8.00. The van der Waals surface area contributed by atoms with Crippen LogP contribution in [0, 0.1) is 0 Å². The fourth-order valence-electron chi connectivity index (χ4n) is 1.89. The lowest BCUT2D eigenvalue weighted by molar-refractivity contribution is -0.119. The van der Waals surface area contributed by atoms with Crippen molar-refractivity contribution in [1.29, 1.82) is 0 Å². The molecule has 1 aliphatic heterocycles. The van der Waals surface area contributed by atoms with Crippen LogP contribution >= 0.6 is 24.2 Å². The topological polar surface area (TPSA) is 50.4 Å². The number of methoxy groups -OCH3 is 1. The van der Waals surface area contributed by atoms with Crippen molar-refractivity contribution >= 4 is 30.1 Å². The predicted octanol–water partition coefficient (Wildman–Crippen LogP) is 1.69. The van der Waals surface area contributed by atoms with Crippen LogP contribution in [-0.2, 0) is 4.79 Å². The minimum atomic E-state index is 0. The number of amides is 1. The molecule has 19 heavy (non-hydrogen) atoms. The van der Waals surface area contributed by atoms with Crippen molar-refractivity contribution in [3.63, 3.8) is 0 Å². The molecule has 106 valence electrons. The van der Waals surface area contributed by atoms with Gasteiger partial charge in [-0.3, -0.25) is 4.79 Å². The fourth-order valence-corrected chi connectivity index (χ4v) is 2.64. The van der Waals surface area contributed by atoms with Gasteiger partial charge in [-0.15, -0.1) is 24.2 Å². The average Bonchev–Trinajstić information content (AvgIpc) is 2.89. The van der Waals surface area contributed by atoms with E-state index in [-0.39, 0.29) is 18.3 Å². The summed E-state index contributed by atoms with van der Waals surface area (Å²) in [6, 6.07) is 8.05. The first-order valence-electron chi connectivity index (χ1n) is 6.05. The third kappa shape index (κ3) is 5.30. The van der Waals surface area contributed by atoms with Crippen LogP contribution in [0.15, 0.2) is 29.2 Å². The fraction of sp³-hybridized carbons (Fsp3) is 0.462. The Morgan fingerprint density at radius 1 is 1.58 bits per heavy atom. The second kappa shape index (κ2) is 8.30. The van der Waals surface area contributed by atoms with Gasteiger partial charge < -0.3 is 15.4 Å². The Morgan fingerprint density at radius 3 is 3.11 bits per heavy atom. The highest BCUT2D eigenvalue weighted by Crippen LogP contribution is 2.22. The van der Waals surface area contributed by atoms with Crippen molar-refractivity contribution in [2.45, 2.75) is 17.4 Å². The number of carbonyl (C=O) groups is 1. The maximum absolute atomic E-state index is 11.7. The third-order valence-corrected chi connectivity index (χ3v) is 3.83. The van der Waals surface area contributed by atoms with Crippen LogP contribution in [-0.4, -0.2) is 37.9 Å². The maximum atomic E-state index is 11.7. The van der Waals surface area contributed by atoms with E-state index in [1.165, 1.54) is 11.8 Å². The summed E-state index contributed by atoms with van der Waals surface area (Å²) in [6.07, 6.45) is 1.02. The van der Waals surface area contributed by atoms with E-state index < -0.39 is 0 Å². The monoisotopic (exact) mass is 302 g/mol.